The molecule has 0 aliphatic rings. The molecule has 0 bridgehead atoms. The van der Waals surface area contributed by atoms with Gasteiger partial charge in [0.2, 0.25) is 0 Å². The minimum Gasteiger partial charge on any atom is -0.366 e. The molecule has 0 spiro atoms. The molecule has 0 radical (unpaired) electrons. The topological polar surface area (TPSA) is 67.5 Å². The summed E-state index contributed by atoms with van der Waals surface area (Å²) in [5.74, 6) is 0.823. The maximum Gasteiger partial charge on any atom is 0.184 e. The zero-order valence-electron chi connectivity index (χ0n) is 15.5. The van der Waals surface area contributed by atoms with Crippen LogP contribution in [0.3, 0.4) is 0 Å². The first-order valence-electron chi connectivity index (χ1n) is 8.83. The Hall–Kier alpha value is -3.41. The molecule has 0 saturated carbocycles. The number of hydrogen-bond acceptors (Lipinski definition) is 6. The van der Waals surface area contributed by atoms with Gasteiger partial charge in [-0.25, -0.2) is 4.98 Å². The average molecular weight is 386 g/mol. The number of pyridine rings is 1. The average Bonchev–Trinajstić information content (AvgIpc) is 3.12. The minimum absolute atomic E-state index is 0.592. The quantitative estimate of drug-likeness (QED) is 0.396. The van der Waals surface area contributed by atoms with Crippen LogP contribution in [-0.4, -0.2) is 24.7 Å². The van der Waals surface area contributed by atoms with Gasteiger partial charge in [0.1, 0.15) is 11.5 Å². The van der Waals surface area contributed by atoms with Gasteiger partial charge in [0.15, 0.2) is 5.65 Å². The van der Waals surface area contributed by atoms with E-state index in [1.807, 2.05) is 24.3 Å². The maximum absolute atomic E-state index is 4.81. The van der Waals surface area contributed by atoms with E-state index in [2.05, 4.69) is 51.5 Å². The van der Waals surface area contributed by atoms with E-state index in [0.29, 0.717) is 17.9 Å². The largest absolute Gasteiger partial charge is 0.366 e. The van der Waals surface area contributed by atoms with Crippen molar-refractivity contribution < 1.29 is 0 Å². The minimum atomic E-state index is 0.592. The molecule has 3 aromatic heterocycles. The normalized spacial score (nSPS) is 10.6. The molecule has 0 atom stereocenters. The molecule has 28 heavy (non-hydrogen) atoms. The lowest BCUT2D eigenvalue weighted by Gasteiger charge is -2.13. The highest BCUT2D eigenvalue weighted by Crippen LogP contribution is 2.29. The molecular weight excluding hydrogens is 368 g/mol. The molecule has 0 fully saturated rings. The predicted octanol–water partition coefficient (Wildman–Crippen LogP) is 4.75. The van der Waals surface area contributed by atoms with Crippen molar-refractivity contribution in [2.24, 2.45) is 4.99 Å². The SMILES string of the molecule is Cc1cccc(-c2cc(NCc3ccncc3)n3ncc(N=C=S)c3n2)c1C. The molecule has 0 saturated heterocycles. The van der Waals surface area contributed by atoms with E-state index in [1.54, 1.807) is 23.1 Å². The number of hydrogen-bond donors (Lipinski definition) is 1. The van der Waals surface area contributed by atoms with Crippen LogP contribution >= 0.6 is 12.2 Å². The number of aliphatic imine (C=N–C) groups is 1. The van der Waals surface area contributed by atoms with Crippen molar-refractivity contribution >= 4 is 34.5 Å². The Balaban J connectivity index is 1.85. The zero-order chi connectivity index (χ0) is 19.5. The molecule has 0 amide bonds. The molecule has 1 N–H and O–H groups in total. The van der Waals surface area contributed by atoms with Crippen molar-refractivity contribution in [2.75, 3.05) is 5.32 Å². The highest BCUT2D eigenvalue weighted by Gasteiger charge is 2.14. The van der Waals surface area contributed by atoms with Crippen molar-refractivity contribution in [1.82, 2.24) is 19.6 Å². The van der Waals surface area contributed by atoms with Crippen LogP contribution in [-0.2, 0) is 6.54 Å². The lowest BCUT2D eigenvalue weighted by Crippen LogP contribution is -2.07. The van der Waals surface area contributed by atoms with Gasteiger partial charge in [-0.05, 0) is 54.9 Å². The number of thiocarbonyl (C=S) groups is 1. The summed E-state index contributed by atoms with van der Waals surface area (Å²) >= 11 is 4.77. The predicted molar refractivity (Wildman–Crippen MR) is 114 cm³/mol. The third kappa shape index (κ3) is 3.41. The Morgan fingerprint density at radius 1 is 1.18 bits per heavy atom. The van der Waals surface area contributed by atoms with E-state index < -0.39 is 0 Å². The van der Waals surface area contributed by atoms with Crippen LogP contribution in [0.4, 0.5) is 11.5 Å². The number of fused-ring (bicyclic) bond motifs is 1. The highest BCUT2D eigenvalue weighted by atomic mass is 32.1. The van der Waals surface area contributed by atoms with Gasteiger partial charge >= 0.3 is 0 Å². The summed E-state index contributed by atoms with van der Waals surface area (Å²) in [6, 6.07) is 12.2. The number of rotatable bonds is 5. The molecule has 7 heteroatoms. The second-order valence-corrected chi connectivity index (χ2v) is 6.63. The molecule has 3 heterocycles. The van der Waals surface area contributed by atoms with Crippen molar-refractivity contribution in [2.45, 2.75) is 20.4 Å². The first-order valence-corrected chi connectivity index (χ1v) is 9.24. The van der Waals surface area contributed by atoms with Crippen LogP contribution in [0.2, 0.25) is 0 Å². The summed E-state index contributed by atoms with van der Waals surface area (Å²) in [5.41, 5.74) is 6.69. The Morgan fingerprint density at radius 3 is 2.79 bits per heavy atom. The van der Waals surface area contributed by atoms with Gasteiger partial charge in [0.05, 0.1) is 17.1 Å². The van der Waals surface area contributed by atoms with E-state index in [0.717, 1.165) is 22.6 Å². The van der Waals surface area contributed by atoms with Crippen molar-refractivity contribution in [3.05, 3.63) is 71.7 Å². The van der Waals surface area contributed by atoms with Crippen LogP contribution < -0.4 is 5.32 Å². The summed E-state index contributed by atoms with van der Waals surface area (Å²) in [7, 11) is 0. The first-order chi connectivity index (χ1) is 13.7. The van der Waals surface area contributed by atoms with Gasteiger partial charge in [-0.1, -0.05) is 18.2 Å². The van der Waals surface area contributed by atoms with Crippen molar-refractivity contribution in [3.8, 4) is 11.3 Å². The van der Waals surface area contributed by atoms with Crippen molar-refractivity contribution in [3.63, 3.8) is 0 Å². The van der Waals surface area contributed by atoms with Crippen LogP contribution in [0.5, 0.6) is 0 Å². The molecule has 1 aromatic carbocycles. The van der Waals surface area contributed by atoms with E-state index in [1.165, 1.54) is 11.1 Å². The summed E-state index contributed by atoms with van der Waals surface area (Å²) in [5, 5.41) is 10.3. The summed E-state index contributed by atoms with van der Waals surface area (Å²) in [6.07, 6.45) is 5.20. The molecule has 0 unspecified atom stereocenters. The van der Waals surface area contributed by atoms with Gasteiger partial charge in [0.25, 0.3) is 0 Å². The standard InChI is InChI=1S/C21H18N6S/c1-14-4-3-5-17(15(14)2)18-10-20(23-11-16-6-8-22-9-7-16)27-21(26-18)19(12-25-27)24-13-28/h3-10,12,23H,11H2,1-2H3. The lowest BCUT2D eigenvalue weighted by molar-refractivity contribution is 0.926. The molecule has 4 rings (SSSR count). The van der Waals surface area contributed by atoms with E-state index in [4.69, 9.17) is 17.2 Å². The number of anilines is 1. The van der Waals surface area contributed by atoms with E-state index >= 15 is 0 Å². The molecular formula is C21H18N6S. The number of aryl methyl sites for hydroxylation is 1. The first kappa shape index (κ1) is 18.0. The fraction of sp³-hybridized carbons (Fsp3) is 0.143. The highest BCUT2D eigenvalue weighted by molar-refractivity contribution is 7.78. The molecule has 6 nitrogen and oxygen atoms in total. The summed E-state index contributed by atoms with van der Waals surface area (Å²) in [6.45, 7) is 4.84. The molecule has 4 aromatic rings. The number of benzene rings is 1. The fourth-order valence-electron chi connectivity index (χ4n) is 3.07. The van der Waals surface area contributed by atoms with Crippen LogP contribution in [0, 0.1) is 13.8 Å². The Labute approximate surface area is 168 Å². The van der Waals surface area contributed by atoms with Gasteiger partial charge in [-0.3, -0.25) is 4.98 Å². The Kier molecular flexibility index (Phi) is 4.93. The Bertz CT molecular complexity index is 1190. The molecule has 0 aliphatic heterocycles. The summed E-state index contributed by atoms with van der Waals surface area (Å²) in [4.78, 5) is 13.0. The smallest absolute Gasteiger partial charge is 0.184 e. The lowest BCUT2D eigenvalue weighted by atomic mass is 10.0. The van der Waals surface area contributed by atoms with Crippen LogP contribution in [0.1, 0.15) is 16.7 Å². The van der Waals surface area contributed by atoms with Gasteiger partial charge in [-0.15, -0.1) is 0 Å². The van der Waals surface area contributed by atoms with E-state index in [9.17, 15) is 0 Å². The van der Waals surface area contributed by atoms with Crippen molar-refractivity contribution in [1.29, 1.82) is 0 Å². The number of nitrogens with zero attached hydrogens (tertiary/aromatic N) is 5. The van der Waals surface area contributed by atoms with Gasteiger partial charge in [-0.2, -0.15) is 14.6 Å². The third-order valence-corrected chi connectivity index (χ3v) is 4.81. The second-order valence-electron chi connectivity index (χ2n) is 6.45. The number of nitrogens with one attached hydrogen (secondary N) is 1. The maximum atomic E-state index is 4.81. The number of isothiocyanates is 1. The second kappa shape index (κ2) is 7.68. The van der Waals surface area contributed by atoms with Crippen LogP contribution in [0.15, 0.2) is 60.0 Å². The fourth-order valence-corrected chi connectivity index (χ4v) is 3.16. The third-order valence-electron chi connectivity index (χ3n) is 4.72. The molecule has 138 valence electrons. The Morgan fingerprint density at radius 2 is 2.00 bits per heavy atom. The van der Waals surface area contributed by atoms with Gasteiger partial charge < -0.3 is 5.32 Å². The van der Waals surface area contributed by atoms with E-state index in [-0.39, 0.29) is 0 Å². The van der Waals surface area contributed by atoms with Crippen LogP contribution in [0.25, 0.3) is 16.9 Å². The zero-order valence-corrected chi connectivity index (χ0v) is 16.4. The summed E-state index contributed by atoms with van der Waals surface area (Å²) < 4.78 is 1.74. The monoisotopic (exact) mass is 386 g/mol. The molecule has 0 aliphatic carbocycles. The van der Waals surface area contributed by atoms with Gasteiger partial charge in [0, 0.05) is 30.6 Å². The number of aromatic nitrogens is 4.